The molecule has 11 heteroatoms. The van der Waals surface area contributed by atoms with Crippen molar-refractivity contribution in [3.05, 3.63) is 60.8 Å². The minimum Gasteiger partial charge on any atom is -0.462 e. The Bertz CT molecular complexity index is 1130. The molecule has 0 aromatic rings. The van der Waals surface area contributed by atoms with Crippen molar-refractivity contribution in [1.29, 1.82) is 0 Å². The molecule has 0 spiro atoms. The van der Waals surface area contributed by atoms with Crippen LogP contribution in [0.4, 0.5) is 0 Å². The fourth-order valence-electron chi connectivity index (χ4n) is 5.13. The molecule has 0 aromatic carbocycles. The Labute approximate surface area is 329 Å². The summed E-state index contributed by atoms with van der Waals surface area (Å²) in [6.07, 6.45) is 37.6. The number of esters is 2. The molecule has 0 aliphatic heterocycles. The summed E-state index contributed by atoms with van der Waals surface area (Å²) in [5.74, 6) is -0.895. The van der Waals surface area contributed by atoms with Gasteiger partial charge in [-0.15, -0.1) is 0 Å². The van der Waals surface area contributed by atoms with Gasteiger partial charge in [0.2, 0.25) is 0 Å². The number of hydrogen-bond donors (Lipinski definition) is 2. The Balaban J connectivity index is 4.52. The Morgan fingerprint density at radius 3 is 1.89 bits per heavy atom. The number of nitrogens with zero attached hydrogens (tertiary/aromatic N) is 1. The normalized spacial score (nSPS) is 14.9. The van der Waals surface area contributed by atoms with Gasteiger partial charge in [-0.1, -0.05) is 145 Å². The number of aliphatic hydroxyl groups is 1. The zero-order valence-electron chi connectivity index (χ0n) is 34.5. The van der Waals surface area contributed by atoms with Crippen molar-refractivity contribution in [2.75, 3.05) is 47.5 Å². The molecule has 0 saturated heterocycles. The molecule has 2 unspecified atom stereocenters. The Kier molecular flexibility index (Phi) is 33.6. The van der Waals surface area contributed by atoms with E-state index in [9.17, 15) is 24.2 Å². The van der Waals surface area contributed by atoms with Crippen LogP contribution in [-0.2, 0) is 32.7 Å². The molecule has 0 aliphatic carbocycles. The summed E-state index contributed by atoms with van der Waals surface area (Å²) < 4.78 is 34.1. The molecular weight excluding hydrogens is 705 g/mol. The van der Waals surface area contributed by atoms with Gasteiger partial charge in [0.15, 0.2) is 6.10 Å². The number of carbonyl (C=O) groups excluding carboxylic acids is 2. The molecule has 0 aromatic heterocycles. The molecule has 0 aliphatic rings. The van der Waals surface area contributed by atoms with Crippen LogP contribution in [0, 0.1) is 0 Å². The largest absolute Gasteiger partial charge is 0.472 e. The second-order valence-electron chi connectivity index (χ2n) is 14.8. The van der Waals surface area contributed by atoms with Gasteiger partial charge in [0.1, 0.15) is 19.8 Å². The predicted octanol–water partition coefficient (Wildman–Crippen LogP) is 10.3. The highest BCUT2D eigenvalue weighted by molar-refractivity contribution is 7.47. The van der Waals surface area contributed by atoms with E-state index in [1.54, 1.807) is 0 Å². The second-order valence-corrected chi connectivity index (χ2v) is 16.3. The fourth-order valence-corrected chi connectivity index (χ4v) is 5.87. The third-order valence-electron chi connectivity index (χ3n) is 8.39. The van der Waals surface area contributed by atoms with Crippen molar-refractivity contribution in [3.63, 3.8) is 0 Å². The van der Waals surface area contributed by atoms with Crippen molar-refractivity contribution in [1.82, 2.24) is 0 Å². The summed E-state index contributed by atoms with van der Waals surface area (Å²) in [5, 5.41) is 9.76. The van der Waals surface area contributed by atoms with Crippen LogP contribution >= 0.6 is 7.82 Å². The number of rotatable bonds is 36. The molecule has 312 valence electrons. The van der Waals surface area contributed by atoms with Gasteiger partial charge in [-0.2, -0.15) is 0 Å². The highest BCUT2D eigenvalue weighted by atomic mass is 31.2. The minimum absolute atomic E-state index is 0.0143. The third-order valence-corrected chi connectivity index (χ3v) is 9.37. The molecular formula is C43H77NO9P+. The maximum absolute atomic E-state index is 12.6. The molecule has 2 N–H and O–H groups in total. The van der Waals surface area contributed by atoms with Crippen LogP contribution < -0.4 is 0 Å². The number of phosphoric acid groups is 1. The smallest absolute Gasteiger partial charge is 0.462 e. The first-order valence-corrected chi connectivity index (χ1v) is 22.1. The number of carbonyl (C=O) groups is 2. The molecule has 0 rings (SSSR count). The number of allylic oxidation sites excluding steroid dienone is 8. The van der Waals surface area contributed by atoms with Crippen molar-refractivity contribution in [3.8, 4) is 0 Å². The van der Waals surface area contributed by atoms with E-state index in [0.717, 1.165) is 38.5 Å². The Morgan fingerprint density at radius 1 is 0.685 bits per heavy atom. The zero-order valence-corrected chi connectivity index (χ0v) is 35.4. The molecule has 0 amide bonds. The topological polar surface area (TPSA) is 129 Å². The van der Waals surface area contributed by atoms with Gasteiger partial charge in [0.25, 0.3) is 0 Å². The summed E-state index contributed by atoms with van der Waals surface area (Å²) in [5.41, 5.74) is 0. The summed E-state index contributed by atoms with van der Waals surface area (Å²) in [6.45, 7) is 4.08. The van der Waals surface area contributed by atoms with E-state index in [4.69, 9.17) is 18.5 Å². The van der Waals surface area contributed by atoms with Crippen LogP contribution in [0.2, 0.25) is 0 Å². The standard InChI is InChI=1S/C43H76NO9P/c1-6-8-10-11-12-13-14-18-22-25-28-31-35-43(47)53-41(39-52-54(48,49)51-37-36-44(3,4)5)38-50-42(46)34-30-27-24-21-19-16-15-17-20-23-26-29-33-40(45)32-9-7-2/h9,15-16,20-21,23-24,26,29,32,40-41,45H,6-8,10-14,17-19,22,25,27-28,30-31,33-39H2,1-5H3/p+1/b16-15-,23-20-,24-21-,29-26+,32-9-/t40?,41-/m1/s1. The van der Waals surface area contributed by atoms with E-state index in [1.807, 2.05) is 64.5 Å². The molecule has 0 saturated carbocycles. The van der Waals surface area contributed by atoms with Crippen LogP contribution in [0.5, 0.6) is 0 Å². The van der Waals surface area contributed by atoms with Crippen LogP contribution in [0.3, 0.4) is 0 Å². The number of likely N-dealkylation sites (N-methyl/N-ethyl adjacent to an activating group) is 1. The van der Waals surface area contributed by atoms with Crippen LogP contribution in [-0.4, -0.2) is 86.1 Å². The van der Waals surface area contributed by atoms with E-state index >= 15 is 0 Å². The number of phosphoric ester groups is 1. The lowest BCUT2D eigenvalue weighted by Crippen LogP contribution is -2.37. The lowest BCUT2D eigenvalue weighted by Gasteiger charge is -2.24. The van der Waals surface area contributed by atoms with Gasteiger partial charge in [0.05, 0.1) is 33.9 Å². The summed E-state index contributed by atoms with van der Waals surface area (Å²) >= 11 is 0. The molecule has 3 atom stereocenters. The van der Waals surface area contributed by atoms with Crippen molar-refractivity contribution in [2.45, 2.75) is 154 Å². The Morgan fingerprint density at radius 2 is 1.26 bits per heavy atom. The summed E-state index contributed by atoms with van der Waals surface area (Å²) in [7, 11) is 1.41. The van der Waals surface area contributed by atoms with Crippen LogP contribution in [0.25, 0.3) is 0 Å². The average Bonchev–Trinajstić information content (AvgIpc) is 3.11. The SMILES string of the molecule is CC/C=C\C(O)C/C=C/C=C\C/C=C\C/C=C\CCCC(=O)OC[C@H](COP(=O)(O)OCC[N+](C)(C)C)OC(=O)CCCCCCCCCCCCCC. The van der Waals surface area contributed by atoms with Crippen LogP contribution in [0.1, 0.15) is 142 Å². The fraction of sp³-hybridized carbons (Fsp3) is 0.721. The van der Waals surface area contributed by atoms with Crippen molar-refractivity contribution >= 4 is 19.8 Å². The maximum Gasteiger partial charge on any atom is 0.472 e. The van der Waals surface area contributed by atoms with E-state index in [-0.39, 0.29) is 26.1 Å². The summed E-state index contributed by atoms with van der Waals surface area (Å²) in [6, 6.07) is 0. The average molecular weight is 783 g/mol. The second kappa shape index (κ2) is 35.1. The number of hydrogen-bond acceptors (Lipinski definition) is 8. The number of ether oxygens (including phenoxy) is 2. The third kappa shape index (κ3) is 38.0. The number of aliphatic hydroxyl groups excluding tert-OH is 1. The van der Waals surface area contributed by atoms with Crippen LogP contribution in [0.15, 0.2) is 60.8 Å². The molecule has 0 radical (unpaired) electrons. The predicted molar refractivity (Wildman–Crippen MR) is 221 cm³/mol. The molecule has 0 fully saturated rings. The summed E-state index contributed by atoms with van der Waals surface area (Å²) in [4.78, 5) is 35.2. The lowest BCUT2D eigenvalue weighted by molar-refractivity contribution is -0.870. The van der Waals surface area contributed by atoms with Gasteiger partial charge in [-0.05, 0) is 44.9 Å². The highest BCUT2D eigenvalue weighted by Gasteiger charge is 2.27. The molecule has 10 nitrogen and oxygen atoms in total. The van der Waals surface area contributed by atoms with Gasteiger partial charge in [-0.25, -0.2) is 4.57 Å². The minimum atomic E-state index is -4.39. The van der Waals surface area contributed by atoms with Gasteiger partial charge in [0, 0.05) is 12.8 Å². The lowest BCUT2D eigenvalue weighted by atomic mass is 10.0. The maximum atomic E-state index is 12.6. The van der Waals surface area contributed by atoms with E-state index < -0.39 is 38.6 Å². The number of unbranched alkanes of at least 4 members (excludes halogenated alkanes) is 12. The molecule has 0 bridgehead atoms. The van der Waals surface area contributed by atoms with Gasteiger partial charge >= 0.3 is 19.8 Å². The molecule has 54 heavy (non-hydrogen) atoms. The van der Waals surface area contributed by atoms with Gasteiger partial charge < -0.3 is 24.0 Å². The van der Waals surface area contributed by atoms with E-state index in [2.05, 4.69) is 31.2 Å². The molecule has 0 heterocycles. The quantitative estimate of drug-likeness (QED) is 0.0159. The van der Waals surface area contributed by atoms with E-state index in [1.165, 1.54) is 51.4 Å². The highest BCUT2D eigenvalue weighted by Crippen LogP contribution is 2.43. The first-order chi connectivity index (χ1) is 25.9. The first kappa shape index (κ1) is 51.7. The Hall–Kier alpha value is -2.33. The van der Waals surface area contributed by atoms with E-state index in [0.29, 0.717) is 36.7 Å². The monoisotopic (exact) mass is 783 g/mol. The van der Waals surface area contributed by atoms with Crippen molar-refractivity contribution in [2.24, 2.45) is 0 Å². The zero-order chi connectivity index (χ0) is 40.2. The van der Waals surface area contributed by atoms with Gasteiger partial charge in [-0.3, -0.25) is 18.6 Å². The number of quaternary nitrogens is 1. The first-order valence-electron chi connectivity index (χ1n) is 20.6. The van der Waals surface area contributed by atoms with Crippen molar-refractivity contribution < 1.29 is 47.2 Å².